The summed E-state index contributed by atoms with van der Waals surface area (Å²) in [6.45, 7) is 5.78. The van der Waals surface area contributed by atoms with Crippen molar-refractivity contribution < 1.29 is 14.3 Å². The van der Waals surface area contributed by atoms with Crippen molar-refractivity contribution in [3.63, 3.8) is 0 Å². The average Bonchev–Trinajstić information content (AvgIpc) is 2.92. The standard InChI is InChI=1S/C22H32FN3O2/c1-17(27)26-12-3-2-4-20-21(26)9-13-25(20)16-22(28)10-14-24(15-11-22)19-7-5-18(23)6-8-19/h5-8,20-21,28H,2-4,9-16H2,1H3/t20-,21-/m0/s1. The van der Waals surface area contributed by atoms with Crippen molar-refractivity contribution in [1.82, 2.24) is 9.80 Å². The van der Waals surface area contributed by atoms with E-state index in [2.05, 4.69) is 14.7 Å². The number of carbonyl (C=O) groups is 1. The molecule has 0 spiro atoms. The van der Waals surface area contributed by atoms with E-state index < -0.39 is 5.60 Å². The monoisotopic (exact) mass is 389 g/mol. The molecule has 1 aromatic carbocycles. The predicted octanol–water partition coefficient (Wildman–Crippen LogP) is 2.63. The van der Waals surface area contributed by atoms with E-state index in [1.165, 1.54) is 12.1 Å². The van der Waals surface area contributed by atoms with Gasteiger partial charge in [-0.2, -0.15) is 0 Å². The molecule has 0 aliphatic carbocycles. The van der Waals surface area contributed by atoms with E-state index >= 15 is 0 Å². The predicted molar refractivity (Wildman–Crippen MR) is 108 cm³/mol. The summed E-state index contributed by atoms with van der Waals surface area (Å²) in [5.74, 6) is -0.0334. The number of β-amino-alcohol motifs (C(OH)–C–C–N with tert-alkyl or cyclic N) is 1. The van der Waals surface area contributed by atoms with E-state index in [1.807, 2.05) is 12.1 Å². The number of anilines is 1. The first-order valence-corrected chi connectivity index (χ1v) is 10.7. The molecule has 0 unspecified atom stereocenters. The van der Waals surface area contributed by atoms with Gasteiger partial charge in [-0.1, -0.05) is 6.42 Å². The molecule has 1 N–H and O–H groups in total. The largest absolute Gasteiger partial charge is 0.388 e. The van der Waals surface area contributed by atoms with Crippen LogP contribution >= 0.6 is 0 Å². The zero-order chi connectivity index (χ0) is 19.7. The fourth-order valence-electron chi connectivity index (χ4n) is 5.40. The number of hydrogen-bond donors (Lipinski definition) is 1. The Kier molecular flexibility index (Phi) is 5.61. The Morgan fingerprint density at radius 2 is 1.79 bits per heavy atom. The quantitative estimate of drug-likeness (QED) is 0.863. The first-order chi connectivity index (χ1) is 13.5. The minimum absolute atomic E-state index is 0.185. The number of hydrogen-bond acceptors (Lipinski definition) is 4. The van der Waals surface area contributed by atoms with Crippen LogP contribution in [0.5, 0.6) is 0 Å². The molecular weight excluding hydrogens is 357 g/mol. The molecule has 3 saturated heterocycles. The SMILES string of the molecule is CC(=O)N1CCCC[C@H]2[C@@H]1CCN2CC1(O)CCN(c2ccc(F)cc2)CC1. The van der Waals surface area contributed by atoms with Gasteiger partial charge in [0.15, 0.2) is 0 Å². The number of likely N-dealkylation sites (tertiary alicyclic amines) is 2. The number of rotatable bonds is 3. The van der Waals surface area contributed by atoms with Crippen molar-refractivity contribution in [2.75, 3.05) is 37.6 Å². The Balaban J connectivity index is 1.38. The summed E-state index contributed by atoms with van der Waals surface area (Å²) in [4.78, 5) is 18.8. The van der Waals surface area contributed by atoms with Crippen molar-refractivity contribution in [3.05, 3.63) is 30.1 Å². The van der Waals surface area contributed by atoms with Gasteiger partial charge in [-0.05, 0) is 56.4 Å². The lowest BCUT2D eigenvalue weighted by Gasteiger charge is -2.43. The first-order valence-electron chi connectivity index (χ1n) is 10.7. The lowest BCUT2D eigenvalue weighted by Crippen LogP contribution is -2.53. The number of halogens is 1. The van der Waals surface area contributed by atoms with Gasteiger partial charge in [0.1, 0.15) is 5.82 Å². The van der Waals surface area contributed by atoms with Crippen molar-refractivity contribution in [3.8, 4) is 0 Å². The van der Waals surface area contributed by atoms with E-state index in [1.54, 1.807) is 6.92 Å². The van der Waals surface area contributed by atoms with Crippen LogP contribution in [0.2, 0.25) is 0 Å². The minimum Gasteiger partial charge on any atom is -0.388 e. The van der Waals surface area contributed by atoms with Crippen LogP contribution in [0.4, 0.5) is 10.1 Å². The summed E-state index contributed by atoms with van der Waals surface area (Å²) in [5, 5.41) is 11.3. The second kappa shape index (κ2) is 7.99. The van der Waals surface area contributed by atoms with Crippen LogP contribution in [0.25, 0.3) is 0 Å². The third-order valence-electron chi connectivity index (χ3n) is 6.96. The maximum atomic E-state index is 13.2. The number of carbonyl (C=O) groups excluding carboxylic acids is 1. The number of benzene rings is 1. The third-order valence-corrected chi connectivity index (χ3v) is 6.96. The van der Waals surface area contributed by atoms with Gasteiger partial charge in [0.25, 0.3) is 0 Å². The fraction of sp³-hybridized carbons (Fsp3) is 0.682. The molecule has 0 radical (unpaired) electrons. The lowest BCUT2D eigenvalue weighted by atomic mass is 9.90. The molecule has 0 saturated carbocycles. The van der Waals surface area contributed by atoms with Gasteiger partial charge in [-0.15, -0.1) is 0 Å². The molecule has 28 heavy (non-hydrogen) atoms. The van der Waals surface area contributed by atoms with Crippen molar-refractivity contribution in [2.24, 2.45) is 0 Å². The van der Waals surface area contributed by atoms with Gasteiger partial charge in [-0.3, -0.25) is 9.69 Å². The van der Waals surface area contributed by atoms with E-state index in [0.29, 0.717) is 31.5 Å². The van der Waals surface area contributed by atoms with Gasteiger partial charge in [0.2, 0.25) is 5.91 Å². The molecule has 1 aromatic rings. The third kappa shape index (κ3) is 4.03. The second-order valence-corrected chi connectivity index (χ2v) is 8.79. The molecule has 3 aliphatic heterocycles. The Hall–Kier alpha value is -1.66. The molecule has 4 rings (SSSR count). The van der Waals surface area contributed by atoms with Crippen molar-refractivity contribution >= 4 is 11.6 Å². The second-order valence-electron chi connectivity index (χ2n) is 8.79. The first kappa shape index (κ1) is 19.6. The van der Waals surface area contributed by atoms with E-state index in [0.717, 1.165) is 57.5 Å². The van der Waals surface area contributed by atoms with Crippen LogP contribution in [0, 0.1) is 5.82 Å². The maximum absolute atomic E-state index is 13.2. The molecule has 6 heteroatoms. The summed E-state index contributed by atoms with van der Waals surface area (Å²) < 4.78 is 13.2. The van der Waals surface area contributed by atoms with Crippen LogP contribution in [-0.2, 0) is 4.79 Å². The van der Waals surface area contributed by atoms with E-state index in [9.17, 15) is 14.3 Å². The molecule has 3 aliphatic rings. The van der Waals surface area contributed by atoms with Gasteiger partial charge >= 0.3 is 0 Å². The number of piperidine rings is 1. The minimum atomic E-state index is -0.682. The summed E-state index contributed by atoms with van der Waals surface area (Å²) in [6, 6.07) is 7.30. The number of nitrogens with zero attached hydrogens (tertiary/aromatic N) is 3. The summed E-state index contributed by atoms with van der Waals surface area (Å²) >= 11 is 0. The van der Waals surface area contributed by atoms with Gasteiger partial charge in [0.05, 0.1) is 5.60 Å². The normalized spacial score (nSPS) is 28.1. The highest BCUT2D eigenvalue weighted by Gasteiger charge is 2.43. The molecule has 154 valence electrons. The van der Waals surface area contributed by atoms with Crippen molar-refractivity contribution in [1.29, 1.82) is 0 Å². The Morgan fingerprint density at radius 3 is 2.46 bits per heavy atom. The van der Waals surface area contributed by atoms with Crippen LogP contribution in [0.3, 0.4) is 0 Å². The van der Waals surface area contributed by atoms with Gasteiger partial charge in [-0.25, -0.2) is 4.39 Å². The highest BCUT2D eigenvalue weighted by atomic mass is 19.1. The van der Waals surface area contributed by atoms with Crippen LogP contribution in [0.15, 0.2) is 24.3 Å². The zero-order valence-electron chi connectivity index (χ0n) is 16.8. The van der Waals surface area contributed by atoms with E-state index in [-0.39, 0.29) is 11.7 Å². The van der Waals surface area contributed by atoms with E-state index in [4.69, 9.17) is 0 Å². The highest BCUT2D eigenvalue weighted by molar-refractivity contribution is 5.73. The van der Waals surface area contributed by atoms with Crippen LogP contribution < -0.4 is 4.90 Å². The number of aliphatic hydroxyl groups is 1. The molecule has 2 atom stereocenters. The molecule has 5 nitrogen and oxygen atoms in total. The lowest BCUT2D eigenvalue weighted by molar-refractivity contribution is -0.131. The Labute approximate surface area is 167 Å². The molecule has 0 aromatic heterocycles. The molecule has 3 fully saturated rings. The molecular formula is C22H32FN3O2. The Morgan fingerprint density at radius 1 is 1.07 bits per heavy atom. The smallest absolute Gasteiger partial charge is 0.219 e. The topological polar surface area (TPSA) is 47.0 Å². The summed E-state index contributed by atoms with van der Waals surface area (Å²) in [7, 11) is 0. The average molecular weight is 390 g/mol. The van der Waals surface area contributed by atoms with Gasteiger partial charge < -0.3 is 14.9 Å². The highest BCUT2D eigenvalue weighted by Crippen LogP contribution is 2.34. The maximum Gasteiger partial charge on any atom is 0.219 e. The zero-order valence-corrected chi connectivity index (χ0v) is 16.8. The fourth-order valence-corrected chi connectivity index (χ4v) is 5.40. The van der Waals surface area contributed by atoms with Gasteiger partial charge in [0, 0.05) is 57.4 Å². The molecule has 1 amide bonds. The van der Waals surface area contributed by atoms with Crippen LogP contribution in [-0.4, -0.2) is 71.2 Å². The Bertz CT molecular complexity index is 688. The molecule has 3 heterocycles. The summed E-state index contributed by atoms with van der Waals surface area (Å²) in [5.41, 5.74) is 0.337. The van der Waals surface area contributed by atoms with Crippen molar-refractivity contribution in [2.45, 2.75) is 63.1 Å². The molecule has 0 bridgehead atoms. The summed E-state index contributed by atoms with van der Waals surface area (Å²) in [6.07, 6.45) is 5.80. The number of amides is 1. The van der Waals surface area contributed by atoms with Crippen LogP contribution in [0.1, 0.15) is 45.4 Å². The number of fused-ring (bicyclic) bond motifs is 1.